The van der Waals surface area contributed by atoms with Crippen LogP contribution in [0.3, 0.4) is 0 Å². The highest BCUT2D eigenvalue weighted by molar-refractivity contribution is 5.88. The molecule has 0 spiro atoms. The minimum atomic E-state index is -1.21. The average Bonchev–Trinajstić information content (AvgIpc) is 2.88. The number of carbonyl (C=O) groups is 1. The molecule has 0 aliphatic rings. The fourth-order valence-electron chi connectivity index (χ4n) is 2.13. The van der Waals surface area contributed by atoms with Gasteiger partial charge in [0.1, 0.15) is 0 Å². The second-order valence-corrected chi connectivity index (χ2v) is 4.35. The van der Waals surface area contributed by atoms with Crippen molar-refractivity contribution in [3.8, 4) is 28.5 Å². The van der Waals surface area contributed by atoms with Gasteiger partial charge in [0.25, 0.3) is 0 Å². The summed E-state index contributed by atoms with van der Waals surface area (Å²) in [5.74, 6) is -1.57. The van der Waals surface area contributed by atoms with Crippen molar-refractivity contribution in [1.29, 1.82) is 0 Å². The molecule has 22 heavy (non-hydrogen) atoms. The minimum absolute atomic E-state index is 0.0150. The Labute approximate surface area is 125 Å². The van der Waals surface area contributed by atoms with Gasteiger partial charge in [0.2, 0.25) is 0 Å². The second-order valence-electron chi connectivity index (χ2n) is 4.35. The molecule has 0 saturated carbocycles. The monoisotopic (exact) mass is 310 g/mol. The van der Waals surface area contributed by atoms with E-state index in [4.69, 9.17) is 19.3 Å². The summed E-state index contributed by atoms with van der Waals surface area (Å²) in [5, 5.41) is 12.8. The highest BCUT2D eigenvalue weighted by atomic mass is 19.1. The standard InChI is InChI=1S/C14H15FN2O5/c1-17-8(5-7(16-17)14(18)19)11-12(15)9(20-2)6-10(21-3)13(11)22-4/h5-6H,1-4H3,(H,18,19). The van der Waals surface area contributed by atoms with Crippen molar-refractivity contribution in [2.75, 3.05) is 21.3 Å². The molecular weight excluding hydrogens is 295 g/mol. The summed E-state index contributed by atoms with van der Waals surface area (Å²) in [6.07, 6.45) is 0. The van der Waals surface area contributed by atoms with E-state index in [-0.39, 0.29) is 34.2 Å². The van der Waals surface area contributed by atoms with Gasteiger partial charge in [0, 0.05) is 13.1 Å². The Hall–Kier alpha value is -2.77. The molecule has 7 nitrogen and oxygen atoms in total. The number of carboxylic acid groups (broad SMARTS) is 1. The Morgan fingerprint density at radius 2 is 1.82 bits per heavy atom. The third-order valence-corrected chi connectivity index (χ3v) is 3.15. The minimum Gasteiger partial charge on any atom is -0.494 e. The molecule has 0 aliphatic heterocycles. The number of nitrogens with zero attached hydrogens (tertiary/aromatic N) is 2. The average molecular weight is 310 g/mol. The molecule has 1 heterocycles. The topological polar surface area (TPSA) is 82.8 Å². The molecule has 1 aromatic carbocycles. The van der Waals surface area contributed by atoms with Gasteiger partial charge in [-0.15, -0.1) is 0 Å². The number of halogens is 1. The molecular formula is C14H15FN2O5. The van der Waals surface area contributed by atoms with Crippen LogP contribution in [0.15, 0.2) is 12.1 Å². The Balaban J connectivity index is 2.80. The number of aromatic nitrogens is 2. The fraction of sp³-hybridized carbons (Fsp3) is 0.286. The first-order valence-corrected chi connectivity index (χ1v) is 6.20. The van der Waals surface area contributed by atoms with Crippen LogP contribution in [0.25, 0.3) is 11.3 Å². The largest absolute Gasteiger partial charge is 0.494 e. The van der Waals surface area contributed by atoms with Crippen LogP contribution < -0.4 is 14.2 Å². The van der Waals surface area contributed by atoms with Crippen molar-refractivity contribution in [2.24, 2.45) is 7.05 Å². The lowest BCUT2D eigenvalue weighted by molar-refractivity contribution is 0.0689. The zero-order chi connectivity index (χ0) is 16.4. The summed E-state index contributed by atoms with van der Waals surface area (Å²) in [7, 11) is 5.60. The Bertz CT molecular complexity index is 727. The first kappa shape index (κ1) is 15.6. The Morgan fingerprint density at radius 3 is 2.27 bits per heavy atom. The first-order chi connectivity index (χ1) is 10.4. The van der Waals surface area contributed by atoms with E-state index in [9.17, 15) is 9.18 Å². The van der Waals surface area contributed by atoms with Gasteiger partial charge in [-0.3, -0.25) is 4.68 Å². The van der Waals surface area contributed by atoms with Gasteiger partial charge in [-0.05, 0) is 6.07 Å². The van der Waals surface area contributed by atoms with E-state index in [1.807, 2.05) is 0 Å². The smallest absolute Gasteiger partial charge is 0.356 e. The van der Waals surface area contributed by atoms with Gasteiger partial charge >= 0.3 is 5.97 Å². The molecule has 8 heteroatoms. The maximum Gasteiger partial charge on any atom is 0.356 e. The van der Waals surface area contributed by atoms with Crippen LogP contribution in [0.4, 0.5) is 4.39 Å². The molecule has 0 aliphatic carbocycles. The summed E-state index contributed by atoms with van der Waals surface area (Å²) in [4.78, 5) is 11.0. The van der Waals surface area contributed by atoms with Gasteiger partial charge < -0.3 is 19.3 Å². The number of benzene rings is 1. The zero-order valence-electron chi connectivity index (χ0n) is 12.5. The lowest BCUT2D eigenvalue weighted by Crippen LogP contribution is -2.03. The van der Waals surface area contributed by atoms with Crippen LogP contribution in [0.5, 0.6) is 17.2 Å². The lowest BCUT2D eigenvalue weighted by atomic mass is 10.1. The van der Waals surface area contributed by atoms with Crippen LogP contribution in [0.1, 0.15) is 10.5 Å². The maximum absolute atomic E-state index is 14.7. The quantitative estimate of drug-likeness (QED) is 0.909. The van der Waals surface area contributed by atoms with Gasteiger partial charge in [0.15, 0.2) is 28.8 Å². The summed E-state index contributed by atoms with van der Waals surface area (Å²) in [6.45, 7) is 0. The van der Waals surface area contributed by atoms with E-state index in [1.54, 1.807) is 0 Å². The van der Waals surface area contributed by atoms with Crippen LogP contribution in [0, 0.1) is 5.82 Å². The molecule has 1 N–H and O–H groups in total. The number of carboxylic acids is 1. The van der Waals surface area contributed by atoms with E-state index in [2.05, 4.69) is 5.10 Å². The molecule has 2 rings (SSSR count). The lowest BCUT2D eigenvalue weighted by Gasteiger charge is -2.16. The van der Waals surface area contributed by atoms with E-state index in [1.165, 1.54) is 45.2 Å². The molecule has 0 radical (unpaired) electrons. The highest BCUT2D eigenvalue weighted by Crippen LogP contribution is 2.44. The van der Waals surface area contributed by atoms with Crippen LogP contribution in [-0.2, 0) is 7.05 Å². The van der Waals surface area contributed by atoms with Crippen LogP contribution in [-0.4, -0.2) is 42.2 Å². The molecule has 0 unspecified atom stereocenters. The Morgan fingerprint density at radius 1 is 1.18 bits per heavy atom. The molecule has 0 amide bonds. The molecule has 1 aromatic heterocycles. The number of aromatic carboxylic acids is 1. The van der Waals surface area contributed by atoms with Crippen molar-refractivity contribution in [2.45, 2.75) is 0 Å². The number of hydrogen-bond donors (Lipinski definition) is 1. The number of hydrogen-bond acceptors (Lipinski definition) is 5. The van der Waals surface area contributed by atoms with Gasteiger partial charge in [-0.1, -0.05) is 0 Å². The van der Waals surface area contributed by atoms with E-state index in [0.29, 0.717) is 0 Å². The first-order valence-electron chi connectivity index (χ1n) is 6.20. The summed E-state index contributed by atoms with van der Waals surface area (Å²) in [6, 6.07) is 2.61. The summed E-state index contributed by atoms with van der Waals surface area (Å²) >= 11 is 0. The van der Waals surface area contributed by atoms with Crippen molar-refractivity contribution in [3.63, 3.8) is 0 Å². The van der Waals surface area contributed by atoms with Crippen LogP contribution in [0.2, 0.25) is 0 Å². The van der Waals surface area contributed by atoms with Crippen molar-refractivity contribution in [1.82, 2.24) is 9.78 Å². The molecule has 0 fully saturated rings. The number of ether oxygens (including phenoxy) is 3. The molecule has 0 saturated heterocycles. The van der Waals surface area contributed by atoms with Gasteiger partial charge in [0.05, 0.1) is 32.6 Å². The van der Waals surface area contributed by atoms with Crippen molar-refractivity contribution >= 4 is 5.97 Å². The SMILES string of the molecule is COc1cc(OC)c(OC)c(-c2cc(C(=O)O)nn2C)c1F. The van der Waals surface area contributed by atoms with E-state index < -0.39 is 11.8 Å². The highest BCUT2D eigenvalue weighted by Gasteiger charge is 2.25. The zero-order valence-corrected chi connectivity index (χ0v) is 12.5. The number of methoxy groups -OCH3 is 3. The van der Waals surface area contributed by atoms with Crippen LogP contribution >= 0.6 is 0 Å². The molecule has 118 valence electrons. The van der Waals surface area contributed by atoms with Gasteiger partial charge in [-0.25, -0.2) is 9.18 Å². The molecule has 0 atom stereocenters. The predicted octanol–water partition coefficient (Wildman–Crippen LogP) is 1.95. The third kappa shape index (κ3) is 2.43. The van der Waals surface area contributed by atoms with E-state index in [0.717, 1.165) is 0 Å². The summed E-state index contributed by atoms with van der Waals surface area (Å²) < 4.78 is 31.3. The maximum atomic E-state index is 14.7. The molecule has 0 bridgehead atoms. The fourth-order valence-corrected chi connectivity index (χ4v) is 2.13. The summed E-state index contributed by atoms with van der Waals surface area (Å²) in [5.41, 5.74) is 0.0332. The predicted molar refractivity (Wildman–Crippen MR) is 75.2 cm³/mol. The second kappa shape index (κ2) is 5.92. The van der Waals surface area contributed by atoms with Crippen molar-refractivity contribution < 1.29 is 28.5 Å². The van der Waals surface area contributed by atoms with Crippen molar-refractivity contribution in [3.05, 3.63) is 23.6 Å². The number of aryl methyl sites for hydroxylation is 1. The third-order valence-electron chi connectivity index (χ3n) is 3.15. The van der Waals surface area contributed by atoms with Gasteiger partial charge in [-0.2, -0.15) is 5.10 Å². The van der Waals surface area contributed by atoms with E-state index >= 15 is 0 Å². The normalized spacial score (nSPS) is 10.4. The molecule has 2 aromatic rings. The number of rotatable bonds is 5. The Kier molecular flexibility index (Phi) is 4.20.